The molecular weight excluding hydrogens is 210 g/mol. The highest BCUT2D eigenvalue weighted by atomic mass is 35.5. The molecule has 2 rings (SSSR count). The molecule has 1 aliphatic heterocycles. The van der Waals surface area contributed by atoms with Crippen molar-refractivity contribution in [1.29, 1.82) is 0 Å². The molecule has 2 N–H and O–H groups in total. The van der Waals surface area contributed by atoms with Gasteiger partial charge in [0.25, 0.3) is 0 Å². The fraction of sp³-hybridized carbons (Fsp3) is 0.500. The van der Waals surface area contributed by atoms with Gasteiger partial charge in [0, 0.05) is 0 Å². The zero-order valence-electron chi connectivity index (χ0n) is 8.94. The monoisotopic (exact) mass is 227 g/mol. The van der Waals surface area contributed by atoms with E-state index in [2.05, 4.69) is 30.4 Å². The molecule has 1 aromatic rings. The minimum atomic E-state index is -0.231. The van der Waals surface area contributed by atoms with E-state index in [1.165, 1.54) is 11.1 Å². The first-order valence-electron chi connectivity index (χ1n) is 5.25. The summed E-state index contributed by atoms with van der Waals surface area (Å²) in [7, 11) is 0. The molecule has 0 bridgehead atoms. The second kappa shape index (κ2) is 5.50. The van der Waals surface area contributed by atoms with Crippen LogP contribution in [0.3, 0.4) is 0 Å². The Labute approximate surface area is 97.1 Å². The lowest BCUT2D eigenvalue weighted by molar-refractivity contribution is 0.0965. The van der Waals surface area contributed by atoms with Gasteiger partial charge in [-0.25, -0.2) is 0 Å². The molecule has 2 unspecified atom stereocenters. The largest absolute Gasteiger partial charge is 0.391 e. The van der Waals surface area contributed by atoms with Gasteiger partial charge in [-0.05, 0) is 31.9 Å². The highest BCUT2D eigenvalue weighted by molar-refractivity contribution is 5.85. The van der Waals surface area contributed by atoms with Gasteiger partial charge in [-0.15, -0.1) is 12.4 Å². The number of hydrogen-bond acceptors (Lipinski definition) is 2. The standard InChI is InChI=1S/C12H17NO.ClH/c1-9-4-2-5-10(8-9)12-11(14)6-3-7-13-12;/h2,4-5,8,11-14H,3,6-7H2,1H3;1H. The minimum Gasteiger partial charge on any atom is -0.391 e. The Morgan fingerprint density at radius 1 is 1.40 bits per heavy atom. The Morgan fingerprint density at radius 3 is 2.87 bits per heavy atom. The normalized spacial score (nSPS) is 25.7. The second-order valence-electron chi connectivity index (χ2n) is 4.06. The summed E-state index contributed by atoms with van der Waals surface area (Å²) in [4.78, 5) is 0. The summed E-state index contributed by atoms with van der Waals surface area (Å²) < 4.78 is 0. The lowest BCUT2D eigenvalue weighted by Gasteiger charge is -2.29. The van der Waals surface area contributed by atoms with Crippen LogP contribution in [-0.4, -0.2) is 17.8 Å². The first kappa shape index (κ1) is 12.5. The van der Waals surface area contributed by atoms with Crippen molar-refractivity contribution < 1.29 is 5.11 Å². The lowest BCUT2D eigenvalue weighted by Crippen LogP contribution is -2.37. The fourth-order valence-corrected chi connectivity index (χ4v) is 2.08. The summed E-state index contributed by atoms with van der Waals surface area (Å²) in [6.45, 7) is 3.09. The average molecular weight is 228 g/mol. The lowest BCUT2D eigenvalue weighted by atomic mass is 9.94. The van der Waals surface area contributed by atoms with Gasteiger partial charge in [-0.3, -0.25) is 0 Å². The van der Waals surface area contributed by atoms with Crippen molar-refractivity contribution in [2.24, 2.45) is 0 Å². The molecule has 2 nitrogen and oxygen atoms in total. The number of hydrogen-bond donors (Lipinski definition) is 2. The summed E-state index contributed by atoms with van der Waals surface area (Å²) in [5, 5.41) is 13.2. The zero-order chi connectivity index (χ0) is 9.97. The average Bonchev–Trinajstić information content (AvgIpc) is 2.18. The SMILES string of the molecule is Cc1cccc(C2NCCCC2O)c1.Cl. The summed E-state index contributed by atoms with van der Waals surface area (Å²) in [6, 6.07) is 8.49. The Kier molecular flexibility index (Phi) is 4.58. The molecule has 1 fully saturated rings. The zero-order valence-corrected chi connectivity index (χ0v) is 9.76. The molecule has 1 aromatic carbocycles. The van der Waals surface area contributed by atoms with Crippen LogP contribution in [0.2, 0.25) is 0 Å². The van der Waals surface area contributed by atoms with E-state index in [0.717, 1.165) is 19.4 Å². The predicted molar refractivity (Wildman–Crippen MR) is 64.4 cm³/mol. The first-order valence-corrected chi connectivity index (χ1v) is 5.25. The third-order valence-corrected chi connectivity index (χ3v) is 2.83. The molecule has 0 amide bonds. The van der Waals surface area contributed by atoms with Gasteiger partial charge in [0.2, 0.25) is 0 Å². The molecule has 0 saturated carbocycles. The predicted octanol–water partition coefficient (Wildman–Crippen LogP) is 2.20. The van der Waals surface area contributed by atoms with Gasteiger partial charge in [0.05, 0.1) is 12.1 Å². The Hall–Kier alpha value is -0.570. The van der Waals surface area contributed by atoms with Crippen LogP contribution in [0.1, 0.15) is 30.0 Å². The van der Waals surface area contributed by atoms with Gasteiger partial charge in [-0.2, -0.15) is 0 Å². The molecule has 1 saturated heterocycles. The number of nitrogens with one attached hydrogen (secondary N) is 1. The van der Waals surface area contributed by atoms with Crippen LogP contribution in [0.4, 0.5) is 0 Å². The van der Waals surface area contributed by atoms with Gasteiger partial charge >= 0.3 is 0 Å². The summed E-state index contributed by atoms with van der Waals surface area (Å²) in [5.41, 5.74) is 2.46. The Bertz CT molecular complexity index is 316. The van der Waals surface area contributed by atoms with E-state index >= 15 is 0 Å². The van der Waals surface area contributed by atoms with Crippen molar-refractivity contribution in [3.63, 3.8) is 0 Å². The van der Waals surface area contributed by atoms with Crippen LogP contribution in [0.5, 0.6) is 0 Å². The first-order chi connectivity index (χ1) is 6.77. The van der Waals surface area contributed by atoms with E-state index in [1.54, 1.807) is 0 Å². The molecular formula is C12H18ClNO. The van der Waals surface area contributed by atoms with Gasteiger partial charge in [0.15, 0.2) is 0 Å². The van der Waals surface area contributed by atoms with Gasteiger partial charge in [0.1, 0.15) is 0 Å². The summed E-state index contributed by atoms with van der Waals surface area (Å²) >= 11 is 0. The van der Waals surface area contributed by atoms with Gasteiger partial charge in [-0.1, -0.05) is 29.8 Å². The maximum absolute atomic E-state index is 9.85. The third-order valence-electron chi connectivity index (χ3n) is 2.83. The highest BCUT2D eigenvalue weighted by Gasteiger charge is 2.23. The minimum absolute atomic E-state index is 0. The van der Waals surface area contributed by atoms with Crippen molar-refractivity contribution in [2.45, 2.75) is 31.9 Å². The van der Waals surface area contributed by atoms with Crippen LogP contribution >= 0.6 is 12.4 Å². The number of aryl methyl sites for hydroxylation is 1. The van der Waals surface area contributed by atoms with Crippen molar-refractivity contribution in [3.8, 4) is 0 Å². The van der Waals surface area contributed by atoms with Crippen molar-refractivity contribution in [2.75, 3.05) is 6.54 Å². The Morgan fingerprint density at radius 2 is 2.20 bits per heavy atom. The quantitative estimate of drug-likeness (QED) is 0.771. The molecule has 0 aliphatic carbocycles. The highest BCUT2D eigenvalue weighted by Crippen LogP contribution is 2.23. The topological polar surface area (TPSA) is 32.3 Å². The summed E-state index contributed by atoms with van der Waals surface area (Å²) in [5.74, 6) is 0. The molecule has 0 aromatic heterocycles. The van der Waals surface area contributed by atoms with Crippen LogP contribution in [-0.2, 0) is 0 Å². The molecule has 0 radical (unpaired) electrons. The van der Waals surface area contributed by atoms with Crippen LogP contribution in [0.25, 0.3) is 0 Å². The second-order valence-corrected chi connectivity index (χ2v) is 4.06. The Balaban J connectivity index is 0.00000112. The van der Waals surface area contributed by atoms with Crippen LogP contribution in [0, 0.1) is 6.92 Å². The molecule has 1 heterocycles. The number of benzene rings is 1. The number of aliphatic hydroxyl groups is 1. The van der Waals surface area contributed by atoms with E-state index in [0.29, 0.717) is 0 Å². The molecule has 15 heavy (non-hydrogen) atoms. The van der Waals surface area contributed by atoms with Gasteiger partial charge < -0.3 is 10.4 Å². The molecule has 3 heteroatoms. The number of piperidine rings is 1. The van der Waals surface area contributed by atoms with E-state index in [1.807, 2.05) is 6.07 Å². The maximum Gasteiger partial charge on any atom is 0.0735 e. The van der Waals surface area contributed by atoms with Crippen molar-refractivity contribution >= 4 is 12.4 Å². The number of aliphatic hydroxyl groups excluding tert-OH is 1. The summed E-state index contributed by atoms with van der Waals surface area (Å²) in [6.07, 6.45) is 1.75. The van der Waals surface area contributed by atoms with E-state index < -0.39 is 0 Å². The van der Waals surface area contributed by atoms with Crippen LogP contribution in [0.15, 0.2) is 24.3 Å². The van der Waals surface area contributed by atoms with E-state index in [-0.39, 0.29) is 24.6 Å². The van der Waals surface area contributed by atoms with Crippen LogP contribution < -0.4 is 5.32 Å². The smallest absolute Gasteiger partial charge is 0.0735 e. The maximum atomic E-state index is 9.85. The molecule has 2 atom stereocenters. The third kappa shape index (κ3) is 2.94. The molecule has 0 spiro atoms. The number of rotatable bonds is 1. The molecule has 84 valence electrons. The number of halogens is 1. The molecule has 1 aliphatic rings. The van der Waals surface area contributed by atoms with Crippen molar-refractivity contribution in [1.82, 2.24) is 5.32 Å². The fourth-order valence-electron chi connectivity index (χ4n) is 2.08. The van der Waals surface area contributed by atoms with E-state index in [9.17, 15) is 5.11 Å². The van der Waals surface area contributed by atoms with E-state index in [4.69, 9.17) is 0 Å². The van der Waals surface area contributed by atoms with Crippen molar-refractivity contribution in [3.05, 3.63) is 35.4 Å².